The zero-order valence-corrected chi connectivity index (χ0v) is 9.26. The van der Waals surface area contributed by atoms with Gasteiger partial charge < -0.3 is 5.32 Å². The van der Waals surface area contributed by atoms with Gasteiger partial charge in [-0.15, -0.1) is 0 Å². The second-order valence-electron chi connectivity index (χ2n) is 5.56. The lowest BCUT2D eigenvalue weighted by Crippen LogP contribution is -2.37. The van der Waals surface area contributed by atoms with Crippen LogP contribution in [0.15, 0.2) is 0 Å². The second kappa shape index (κ2) is 3.21. The Morgan fingerprint density at radius 1 is 1.29 bits per heavy atom. The topological polar surface area (TPSA) is 15.3 Å². The smallest absolute Gasteiger partial charge is 0.0162 e. The number of piperidine rings is 1. The van der Waals surface area contributed by atoms with E-state index in [4.69, 9.17) is 0 Å². The van der Waals surface area contributed by atoms with Crippen LogP contribution in [0, 0.1) is 5.41 Å². The first-order valence-electron chi connectivity index (χ1n) is 6.28. The molecule has 0 radical (unpaired) electrons. The van der Waals surface area contributed by atoms with Gasteiger partial charge in [0.15, 0.2) is 0 Å². The number of likely N-dealkylation sites (tertiary alicyclic amines) is 1. The molecule has 0 aromatic carbocycles. The van der Waals surface area contributed by atoms with Crippen LogP contribution in [0.4, 0.5) is 0 Å². The summed E-state index contributed by atoms with van der Waals surface area (Å²) in [5.41, 5.74) is 0.754. The lowest BCUT2D eigenvalue weighted by molar-refractivity contribution is 0.198. The molecule has 1 spiro atoms. The molecule has 1 N–H and O–H groups in total. The zero-order chi connectivity index (χ0) is 9.60. The van der Waals surface area contributed by atoms with Crippen LogP contribution in [0.1, 0.15) is 39.0 Å². The molecule has 14 heavy (non-hydrogen) atoms. The number of hydrogen-bond acceptors (Lipinski definition) is 2. The highest BCUT2D eigenvalue weighted by atomic mass is 15.2. The predicted octanol–water partition coefficient (Wildman–Crippen LogP) is 1.61. The van der Waals surface area contributed by atoms with Gasteiger partial charge in [-0.25, -0.2) is 0 Å². The van der Waals surface area contributed by atoms with Crippen molar-refractivity contribution in [2.45, 2.75) is 51.1 Å². The fourth-order valence-corrected chi connectivity index (χ4v) is 3.68. The monoisotopic (exact) mass is 194 g/mol. The predicted molar refractivity (Wildman–Crippen MR) is 58.3 cm³/mol. The molecule has 2 aliphatic heterocycles. The Morgan fingerprint density at radius 2 is 2.07 bits per heavy atom. The van der Waals surface area contributed by atoms with Gasteiger partial charge in [-0.05, 0) is 64.1 Å². The minimum absolute atomic E-state index is 0.754. The third kappa shape index (κ3) is 1.31. The lowest BCUT2D eigenvalue weighted by atomic mass is 9.93. The van der Waals surface area contributed by atoms with Gasteiger partial charge in [0.05, 0.1) is 0 Å². The summed E-state index contributed by atoms with van der Waals surface area (Å²) in [6, 6.07) is 1.83. The van der Waals surface area contributed by atoms with Crippen LogP contribution in [-0.2, 0) is 0 Å². The van der Waals surface area contributed by atoms with Crippen molar-refractivity contribution in [1.29, 1.82) is 0 Å². The Labute approximate surface area is 87.0 Å². The number of nitrogens with zero attached hydrogens (tertiary/aromatic N) is 1. The SMILES string of the molecule is CC1CCCN1C1CC12CCNCC2. The van der Waals surface area contributed by atoms with Gasteiger partial charge in [-0.3, -0.25) is 4.90 Å². The van der Waals surface area contributed by atoms with Crippen molar-refractivity contribution in [3.63, 3.8) is 0 Å². The van der Waals surface area contributed by atoms with E-state index in [2.05, 4.69) is 17.1 Å². The number of rotatable bonds is 1. The van der Waals surface area contributed by atoms with E-state index in [-0.39, 0.29) is 0 Å². The maximum Gasteiger partial charge on any atom is 0.0162 e. The Balaban J connectivity index is 1.65. The van der Waals surface area contributed by atoms with Crippen molar-refractivity contribution in [2.75, 3.05) is 19.6 Å². The molecule has 3 rings (SSSR count). The van der Waals surface area contributed by atoms with E-state index in [9.17, 15) is 0 Å². The van der Waals surface area contributed by atoms with E-state index in [1.165, 1.54) is 51.7 Å². The molecular formula is C12H22N2. The molecule has 2 unspecified atom stereocenters. The average molecular weight is 194 g/mol. The third-order valence-corrected chi connectivity index (χ3v) is 4.75. The first-order valence-corrected chi connectivity index (χ1v) is 6.28. The van der Waals surface area contributed by atoms with Crippen molar-refractivity contribution < 1.29 is 0 Å². The van der Waals surface area contributed by atoms with Gasteiger partial charge in [-0.1, -0.05) is 0 Å². The molecular weight excluding hydrogens is 172 g/mol. The van der Waals surface area contributed by atoms with Crippen molar-refractivity contribution in [2.24, 2.45) is 5.41 Å². The lowest BCUT2D eigenvalue weighted by Gasteiger charge is -2.29. The Hall–Kier alpha value is -0.0800. The van der Waals surface area contributed by atoms with Crippen molar-refractivity contribution in [3.8, 4) is 0 Å². The molecule has 0 aromatic rings. The molecule has 1 aliphatic carbocycles. The molecule has 2 heteroatoms. The maximum absolute atomic E-state index is 3.48. The van der Waals surface area contributed by atoms with Crippen LogP contribution in [-0.4, -0.2) is 36.6 Å². The van der Waals surface area contributed by atoms with Crippen molar-refractivity contribution in [3.05, 3.63) is 0 Å². The van der Waals surface area contributed by atoms with Gasteiger partial charge in [0.2, 0.25) is 0 Å². The molecule has 0 bridgehead atoms. The molecule has 0 amide bonds. The summed E-state index contributed by atoms with van der Waals surface area (Å²) in [6.45, 7) is 6.32. The van der Waals surface area contributed by atoms with Crippen LogP contribution in [0.3, 0.4) is 0 Å². The molecule has 3 fully saturated rings. The fourth-order valence-electron chi connectivity index (χ4n) is 3.68. The summed E-state index contributed by atoms with van der Waals surface area (Å²) in [4.78, 5) is 2.80. The van der Waals surface area contributed by atoms with E-state index >= 15 is 0 Å². The van der Waals surface area contributed by atoms with Crippen molar-refractivity contribution in [1.82, 2.24) is 10.2 Å². The first-order chi connectivity index (χ1) is 6.82. The van der Waals surface area contributed by atoms with Gasteiger partial charge in [0.1, 0.15) is 0 Å². The highest BCUT2D eigenvalue weighted by Gasteiger charge is 2.57. The summed E-state index contributed by atoms with van der Waals surface area (Å²) in [6.07, 6.45) is 7.23. The standard InChI is InChI=1S/C12H22N2/c1-10-3-2-8-14(10)11-9-12(11)4-6-13-7-5-12/h10-11,13H,2-9H2,1H3. The summed E-state index contributed by atoms with van der Waals surface area (Å²) >= 11 is 0. The molecule has 0 aromatic heterocycles. The minimum Gasteiger partial charge on any atom is -0.317 e. The number of nitrogens with one attached hydrogen (secondary N) is 1. The van der Waals surface area contributed by atoms with Gasteiger partial charge >= 0.3 is 0 Å². The summed E-state index contributed by atoms with van der Waals surface area (Å²) in [5, 5.41) is 3.48. The zero-order valence-electron chi connectivity index (χ0n) is 9.26. The highest BCUT2D eigenvalue weighted by molar-refractivity contribution is 5.11. The normalized spacial score (nSPS) is 41.8. The minimum atomic E-state index is 0.754. The number of hydrogen-bond donors (Lipinski definition) is 1. The van der Waals surface area contributed by atoms with Gasteiger partial charge in [-0.2, -0.15) is 0 Å². The summed E-state index contributed by atoms with van der Waals surface area (Å²) in [7, 11) is 0. The maximum atomic E-state index is 3.48. The van der Waals surface area contributed by atoms with Crippen LogP contribution in [0.25, 0.3) is 0 Å². The van der Waals surface area contributed by atoms with Crippen LogP contribution >= 0.6 is 0 Å². The molecule has 2 saturated heterocycles. The van der Waals surface area contributed by atoms with E-state index in [0.717, 1.165) is 17.5 Å². The summed E-state index contributed by atoms with van der Waals surface area (Å²) < 4.78 is 0. The van der Waals surface area contributed by atoms with E-state index in [0.29, 0.717) is 0 Å². The van der Waals surface area contributed by atoms with E-state index in [1.807, 2.05) is 0 Å². The van der Waals surface area contributed by atoms with Crippen LogP contribution in [0.2, 0.25) is 0 Å². The van der Waals surface area contributed by atoms with Crippen LogP contribution < -0.4 is 5.32 Å². The van der Waals surface area contributed by atoms with Crippen molar-refractivity contribution >= 4 is 0 Å². The quantitative estimate of drug-likeness (QED) is 0.682. The molecule has 80 valence electrons. The van der Waals surface area contributed by atoms with E-state index < -0.39 is 0 Å². The van der Waals surface area contributed by atoms with Gasteiger partial charge in [0, 0.05) is 12.1 Å². The largest absolute Gasteiger partial charge is 0.317 e. The first kappa shape index (κ1) is 9.17. The Bertz CT molecular complexity index is 220. The highest BCUT2D eigenvalue weighted by Crippen LogP contribution is 2.56. The molecule has 2 atom stereocenters. The molecule has 2 heterocycles. The molecule has 1 saturated carbocycles. The van der Waals surface area contributed by atoms with Gasteiger partial charge in [0.25, 0.3) is 0 Å². The second-order valence-corrected chi connectivity index (χ2v) is 5.56. The fraction of sp³-hybridized carbons (Fsp3) is 1.00. The molecule has 3 aliphatic rings. The van der Waals surface area contributed by atoms with E-state index in [1.54, 1.807) is 0 Å². The third-order valence-electron chi connectivity index (χ3n) is 4.75. The molecule has 2 nitrogen and oxygen atoms in total. The Morgan fingerprint density at radius 3 is 2.71 bits per heavy atom. The summed E-state index contributed by atoms with van der Waals surface area (Å²) in [5.74, 6) is 0. The average Bonchev–Trinajstić information content (AvgIpc) is 2.70. The Kier molecular flexibility index (Phi) is 2.10. The van der Waals surface area contributed by atoms with Crippen LogP contribution in [0.5, 0.6) is 0 Å².